The van der Waals surface area contributed by atoms with Crippen molar-refractivity contribution in [3.8, 4) is 32.6 Å². The highest BCUT2D eigenvalue weighted by Gasteiger charge is 2.22. The molecule has 0 fully saturated rings. The van der Waals surface area contributed by atoms with Crippen LogP contribution >= 0.6 is 22.7 Å². The number of imidazole rings is 2. The first-order valence-corrected chi connectivity index (χ1v) is 20.1. The first-order valence-electron chi connectivity index (χ1n) is 18.4. The summed E-state index contributed by atoms with van der Waals surface area (Å²) in [6, 6.07) is 25.1. The number of anilines is 4. The number of hydrogen-bond acceptors (Lipinski definition) is 16. The number of nitrogens with zero attached hydrogens (tertiary/aromatic N) is 10. The van der Waals surface area contributed by atoms with Crippen LogP contribution in [0.15, 0.2) is 158 Å². The zero-order valence-corrected chi connectivity index (χ0v) is 33.2. The molecule has 0 saturated carbocycles. The molecule has 0 aliphatic heterocycles. The van der Waals surface area contributed by atoms with Crippen molar-refractivity contribution in [3.05, 3.63) is 158 Å². The van der Waals surface area contributed by atoms with Crippen molar-refractivity contribution in [1.29, 1.82) is 0 Å². The lowest BCUT2D eigenvalue weighted by Gasteiger charge is -2.22. The highest BCUT2D eigenvalue weighted by Crippen LogP contribution is 2.31. The summed E-state index contributed by atoms with van der Waals surface area (Å²) in [4.78, 5) is 66.8. The van der Waals surface area contributed by atoms with Crippen LogP contribution in [0.25, 0.3) is 21.1 Å². The molecule has 8 aromatic rings. The van der Waals surface area contributed by atoms with Crippen LogP contribution in [0.3, 0.4) is 0 Å². The third kappa shape index (κ3) is 10.2. The summed E-state index contributed by atoms with van der Waals surface area (Å²) in [5.41, 5.74) is 2.04. The molecule has 0 amide bonds. The first kappa shape index (κ1) is 39.1. The second-order valence-electron chi connectivity index (χ2n) is 12.5. The molecule has 0 radical (unpaired) electrons. The molecule has 6 aromatic heterocycles. The Morgan fingerprint density at radius 1 is 0.600 bits per heavy atom. The van der Waals surface area contributed by atoms with Gasteiger partial charge >= 0.3 is 11.9 Å². The van der Waals surface area contributed by atoms with Crippen molar-refractivity contribution in [3.63, 3.8) is 0 Å². The molecule has 0 bridgehead atoms. The molecule has 6 heterocycles. The van der Waals surface area contributed by atoms with Crippen LogP contribution in [0.1, 0.15) is 0 Å². The Hall–Kier alpha value is -7.70. The van der Waals surface area contributed by atoms with Gasteiger partial charge in [0.05, 0.1) is 58.3 Å². The number of aromatic nitrogens is 8. The first-order chi connectivity index (χ1) is 29.5. The molecule has 18 heteroatoms. The minimum atomic E-state index is -0.917. The Bertz CT molecular complexity index is 2460. The standard InChI is InChI=1S/C42H34N10O6S2/c53-39(57-51(41-45-15-13-35(47-41)37-9-3-25-59-37)31-5-1-7-33(27-31)55-23-21-49-19-17-43-29-49)11-12-40(54)58-52(42-46-16-14-36(48-42)38-10-4-26-60-38)32-6-2-8-34(28-32)56-24-22-50-20-18-44-30-50/h1-20,25-30H,21-24H2. The summed E-state index contributed by atoms with van der Waals surface area (Å²) in [5, 5.41) is 6.22. The van der Waals surface area contributed by atoms with E-state index >= 15 is 0 Å². The van der Waals surface area contributed by atoms with Crippen LogP contribution in [0.5, 0.6) is 11.5 Å². The van der Waals surface area contributed by atoms with Crippen molar-refractivity contribution >= 4 is 57.9 Å². The minimum absolute atomic E-state index is 0.0712. The fourth-order valence-electron chi connectivity index (χ4n) is 5.59. The zero-order chi connectivity index (χ0) is 40.9. The molecule has 0 aliphatic carbocycles. The smallest absolute Gasteiger partial charge is 0.356 e. The number of ether oxygens (including phenoxy) is 2. The highest BCUT2D eigenvalue weighted by molar-refractivity contribution is 7.13. The van der Waals surface area contributed by atoms with Crippen LogP contribution in [-0.2, 0) is 32.4 Å². The van der Waals surface area contributed by atoms with Gasteiger partial charge in [0.1, 0.15) is 24.7 Å². The second kappa shape index (κ2) is 19.2. The molecule has 0 N–H and O–H groups in total. The molecular formula is C42H34N10O6S2. The van der Waals surface area contributed by atoms with E-state index in [1.807, 2.05) is 56.6 Å². The van der Waals surface area contributed by atoms with E-state index in [4.69, 9.17) is 19.1 Å². The van der Waals surface area contributed by atoms with Crippen molar-refractivity contribution < 1.29 is 28.7 Å². The van der Waals surface area contributed by atoms with E-state index < -0.39 is 11.9 Å². The topological polar surface area (TPSA) is 165 Å². The van der Waals surface area contributed by atoms with Crippen LogP contribution in [0.2, 0.25) is 0 Å². The predicted octanol–water partition coefficient (Wildman–Crippen LogP) is 7.72. The monoisotopic (exact) mass is 838 g/mol. The van der Waals surface area contributed by atoms with Gasteiger partial charge in [0, 0.05) is 61.5 Å². The fourth-order valence-corrected chi connectivity index (χ4v) is 6.98. The summed E-state index contributed by atoms with van der Waals surface area (Å²) in [7, 11) is 0. The van der Waals surface area contributed by atoms with Crippen LogP contribution in [0.4, 0.5) is 23.3 Å². The Balaban J connectivity index is 1.02. The maximum atomic E-state index is 13.5. The number of rotatable bonds is 18. The third-order valence-electron chi connectivity index (χ3n) is 8.37. The van der Waals surface area contributed by atoms with Gasteiger partial charge in [-0.2, -0.15) is 0 Å². The van der Waals surface area contributed by atoms with E-state index in [9.17, 15) is 9.59 Å². The van der Waals surface area contributed by atoms with Gasteiger partial charge in [-0.15, -0.1) is 32.8 Å². The minimum Gasteiger partial charge on any atom is -0.492 e. The Morgan fingerprint density at radius 2 is 1.08 bits per heavy atom. The fraction of sp³-hybridized carbons (Fsp3) is 0.0952. The molecule has 8 rings (SSSR count). The number of hydrogen-bond donors (Lipinski definition) is 0. The Morgan fingerprint density at radius 3 is 1.50 bits per heavy atom. The molecule has 2 aromatic carbocycles. The summed E-state index contributed by atoms with van der Waals surface area (Å²) >= 11 is 3.01. The quantitative estimate of drug-likeness (QED) is 0.0609. The number of carbonyl (C=O) groups excluding carboxylic acids is 2. The van der Waals surface area contributed by atoms with E-state index in [0.29, 0.717) is 60.6 Å². The van der Waals surface area contributed by atoms with Crippen molar-refractivity contribution in [2.24, 2.45) is 0 Å². The highest BCUT2D eigenvalue weighted by atomic mass is 32.1. The molecule has 0 unspecified atom stereocenters. The van der Waals surface area contributed by atoms with Crippen LogP contribution in [0, 0.1) is 0 Å². The third-order valence-corrected chi connectivity index (χ3v) is 10.2. The van der Waals surface area contributed by atoms with Crippen molar-refractivity contribution in [2.75, 3.05) is 23.3 Å². The van der Waals surface area contributed by atoms with Gasteiger partial charge in [-0.3, -0.25) is 0 Å². The largest absolute Gasteiger partial charge is 0.492 e. The average molecular weight is 839 g/mol. The summed E-state index contributed by atoms with van der Waals surface area (Å²) in [6.45, 7) is 1.87. The Kier molecular flexibility index (Phi) is 12.5. The SMILES string of the molecule is O=C(C=CC(=O)ON(c1cccc(OCCn2ccnc2)c1)c1nccc(-c2cccs2)n1)ON(c1cccc(OCCn2ccnc2)c1)c1nccc(-c2cccs2)n1. The lowest BCUT2D eigenvalue weighted by molar-refractivity contribution is -0.140. The van der Waals surface area contributed by atoms with Gasteiger partial charge in [-0.1, -0.05) is 24.3 Å². The average Bonchev–Trinajstić information content (AvgIpc) is 4.14. The van der Waals surface area contributed by atoms with Crippen molar-refractivity contribution in [2.45, 2.75) is 13.1 Å². The molecular weight excluding hydrogens is 805 g/mol. The van der Waals surface area contributed by atoms with Gasteiger partial charge in [-0.05, 0) is 59.3 Å². The molecule has 0 aliphatic rings. The summed E-state index contributed by atoms with van der Waals surface area (Å²) in [5.74, 6) is -0.664. The van der Waals surface area contributed by atoms with E-state index in [-0.39, 0.29) is 11.9 Å². The normalized spacial score (nSPS) is 11.0. The summed E-state index contributed by atoms with van der Waals surface area (Å²) in [6.07, 6.45) is 15.5. The molecule has 300 valence electrons. The predicted molar refractivity (Wildman–Crippen MR) is 225 cm³/mol. The maximum Gasteiger partial charge on any atom is 0.356 e. The van der Waals surface area contributed by atoms with Gasteiger partial charge in [0.25, 0.3) is 11.9 Å². The van der Waals surface area contributed by atoms with Gasteiger partial charge in [0.15, 0.2) is 0 Å². The maximum absolute atomic E-state index is 13.5. The van der Waals surface area contributed by atoms with E-state index in [1.165, 1.54) is 32.8 Å². The van der Waals surface area contributed by atoms with Gasteiger partial charge in [0.2, 0.25) is 0 Å². The van der Waals surface area contributed by atoms with Crippen LogP contribution < -0.4 is 19.6 Å². The zero-order valence-electron chi connectivity index (χ0n) is 31.6. The lowest BCUT2D eigenvalue weighted by Crippen LogP contribution is -2.25. The number of carbonyl (C=O) groups is 2. The molecule has 0 saturated heterocycles. The molecule has 60 heavy (non-hydrogen) atoms. The van der Waals surface area contributed by atoms with Gasteiger partial charge < -0.3 is 28.3 Å². The van der Waals surface area contributed by atoms with E-state index in [0.717, 1.165) is 21.9 Å². The molecule has 16 nitrogen and oxygen atoms in total. The number of benzene rings is 2. The molecule has 0 spiro atoms. The summed E-state index contributed by atoms with van der Waals surface area (Å²) < 4.78 is 15.8. The lowest BCUT2D eigenvalue weighted by atomic mass is 10.3. The van der Waals surface area contributed by atoms with E-state index in [2.05, 4.69) is 29.9 Å². The van der Waals surface area contributed by atoms with E-state index in [1.54, 1.807) is 98.1 Å². The Labute approximate surface area is 351 Å². The van der Waals surface area contributed by atoms with Gasteiger partial charge in [-0.25, -0.2) is 39.5 Å². The number of thiophene rings is 2. The van der Waals surface area contributed by atoms with Crippen LogP contribution in [-0.4, -0.2) is 64.2 Å². The van der Waals surface area contributed by atoms with Crippen molar-refractivity contribution in [1.82, 2.24) is 39.0 Å². The molecule has 0 atom stereocenters. The second-order valence-corrected chi connectivity index (χ2v) is 14.4.